The Morgan fingerprint density at radius 3 is 3.12 bits per heavy atom. The Morgan fingerprint density at radius 2 is 2.35 bits per heavy atom. The van der Waals surface area contributed by atoms with Crippen molar-refractivity contribution in [3.63, 3.8) is 0 Å². The summed E-state index contributed by atoms with van der Waals surface area (Å²) >= 11 is 0. The molecule has 2 rings (SSSR count). The standard InChI is InChI=1S/C12H15N3O2/c1-3-4-5-17-12(16)10-6-9-8-15(2)14-11(9)7-13-10/h6-8H,3-5H2,1-2H3. The van der Waals surface area contributed by atoms with Gasteiger partial charge in [0.2, 0.25) is 0 Å². The molecule has 0 bridgehead atoms. The number of rotatable bonds is 4. The average Bonchev–Trinajstić information content (AvgIpc) is 2.68. The van der Waals surface area contributed by atoms with Gasteiger partial charge >= 0.3 is 5.97 Å². The van der Waals surface area contributed by atoms with E-state index >= 15 is 0 Å². The van der Waals surface area contributed by atoms with Crippen LogP contribution in [0.4, 0.5) is 0 Å². The van der Waals surface area contributed by atoms with Crippen molar-refractivity contribution in [2.75, 3.05) is 6.61 Å². The molecule has 0 saturated carbocycles. The van der Waals surface area contributed by atoms with E-state index in [1.807, 2.05) is 20.2 Å². The molecular weight excluding hydrogens is 218 g/mol. The van der Waals surface area contributed by atoms with Crippen molar-refractivity contribution in [3.05, 3.63) is 24.2 Å². The van der Waals surface area contributed by atoms with Crippen molar-refractivity contribution in [2.24, 2.45) is 7.05 Å². The van der Waals surface area contributed by atoms with Crippen LogP contribution in [0.3, 0.4) is 0 Å². The predicted octanol–water partition coefficient (Wildman–Crippen LogP) is 1.93. The lowest BCUT2D eigenvalue weighted by atomic mass is 10.3. The number of carbonyl (C=O) groups excluding carboxylic acids is 1. The Labute approximate surface area is 99.4 Å². The number of esters is 1. The lowest BCUT2D eigenvalue weighted by Crippen LogP contribution is -2.08. The summed E-state index contributed by atoms with van der Waals surface area (Å²) in [6.45, 7) is 2.50. The molecule has 90 valence electrons. The number of hydrogen-bond acceptors (Lipinski definition) is 4. The molecule has 2 aromatic heterocycles. The van der Waals surface area contributed by atoms with Crippen molar-refractivity contribution in [1.82, 2.24) is 14.8 Å². The number of aryl methyl sites for hydroxylation is 1. The Bertz CT molecular complexity index is 534. The number of hydrogen-bond donors (Lipinski definition) is 0. The van der Waals surface area contributed by atoms with Gasteiger partial charge in [-0.05, 0) is 12.5 Å². The lowest BCUT2D eigenvalue weighted by Gasteiger charge is -2.02. The van der Waals surface area contributed by atoms with Gasteiger partial charge in [-0.25, -0.2) is 9.78 Å². The maximum Gasteiger partial charge on any atom is 0.356 e. The quantitative estimate of drug-likeness (QED) is 0.598. The molecule has 5 heteroatoms. The fourth-order valence-corrected chi connectivity index (χ4v) is 1.55. The zero-order chi connectivity index (χ0) is 12.3. The van der Waals surface area contributed by atoms with Crippen molar-refractivity contribution < 1.29 is 9.53 Å². The first kappa shape index (κ1) is 11.6. The zero-order valence-electron chi connectivity index (χ0n) is 10.0. The second kappa shape index (κ2) is 4.95. The highest BCUT2D eigenvalue weighted by Crippen LogP contribution is 2.12. The number of ether oxygens (including phenoxy) is 1. The van der Waals surface area contributed by atoms with Gasteiger partial charge in [0.1, 0.15) is 11.2 Å². The number of pyridine rings is 1. The fraction of sp³-hybridized carbons (Fsp3) is 0.417. The van der Waals surface area contributed by atoms with Crippen LogP contribution in [0.2, 0.25) is 0 Å². The first-order valence-corrected chi connectivity index (χ1v) is 5.67. The molecular formula is C12H15N3O2. The van der Waals surface area contributed by atoms with E-state index in [9.17, 15) is 4.79 Å². The van der Waals surface area contributed by atoms with E-state index in [0.29, 0.717) is 12.3 Å². The van der Waals surface area contributed by atoms with Gasteiger partial charge < -0.3 is 4.74 Å². The maximum absolute atomic E-state index is 11.7. The molecule has 0 radical (unpaired) electrons. The molecule has 0 saturated heterocycles. The third-order valence-corrected chi connectivity index (χ3v) is 2.45. The smallest absolute Gasteiger partial charge is 0.356 e. The summed E-state index contributed by atoms with van der Waals surface area (Å²) < 4.78 is 6.79. The average molecular weight is 233 g/mol. The van der Waals surface area contributed by atoms with Gasteiger partial charge in [-0.1, -0.05) is 13.3 Å². The monoisotopic (exact) mass is 233 g/mol. The molecule has 0 spiro atoms. The molecule has 0 atom stereocenters. The third-order valence-electron chi connectivity index (χ3n) is 2.45. The number of nitrogens with zero attached hydrogens (tertiary/aromatic N) is 3. The molecule has 0 fully saturated rings. The van der Waals surface area contributed by atoms with Gasteiger partial charge in [-0.3, -0.25) is 4.68 Å². The minimum absolute atomic E-state index is 0.335. The molecule has 0 unspecified atom stereocenters. The second-order valence-electron chi connectivity index (χ2n) is 3.92. The molecule has 0 aromatic carbocycles. The molecule has 0 aliphatic rings. The van der Waals surface area contributed by atoms with E-state index in [1.54, 1.807) is 16.9 Å². The van der Waals surface area contributed by atoms with E-state index in [4.69, 9.17) is 4.74 Å². The van der Waals surface area contributed by atoms with Gasteiger partial charge in [0.25, 0.3) is 0 Å². The van der Waals surface area contributed by atoms with Gasteiger partial charge in [0.05, 0.1) is 12.8 Å². The first-order chi connectivity index (χ1) is 8.20. The Morgan fingerprint density at radius 1 is 1.53 bits per heavy atom. The highest BCUT2D eigenvalue weighted by Gasteiger charge is 2.10. The van der Waals surface area contributed by atoms with Crippen LogP contribution < -0.4 is 0 Å². The predicted molar refractivity (Wildman–Crippen MR) is 63.7 cm³/mol. The van der Waals surface area contributed by atoms with Crippen LogP contribution in [-0.4, -0.2) is 27.3 Å². The third kappa shape index (κ3) is 2.61. The van der Waals surface area contributed by atoms with Gasteiger partial charge in [-0.15, -0.1) is 0 Å². The van der Waals surface area contributed by atoms with Crippen LogP contribution >= 0.6 is 0 Å². The molecule has 5 nitrogen and oxygen atoms in total. The Hall–Kier alpha value is -1.91. The molecule has 0 amide bonds. The van der Waals surface area contributed by atoms with Crippen LogP contribution in [0.15, 0.2) is 18.5 Å². The summed E-state index contributed by atoms with van der Waals surface area (Å²) in [7, 11) is 1.83. The van der Waals surface area contributed by atoms with Crippen LogP contribution in [0, 0.1) is 0 Å². The van der Waals surface area contributed by atoms with Crippen LogP contribution in [0.25, 0.3) is 10.9 Å². The van der Waals surface area contributed by atoms with Crippen molar-refractivity contribution in [1.29, 1.82) is 0 Å². The summed E-state index contributed by atoms with van der Waals surface area (Å²) in [4.78, 5) is 15.7. The highest BCUT2D eigenvalue weighted by atomic mass is 16.5. The first-order valence-electron chi connectivity index (χ1n) is 5.67. The Kier molecular flexibility index (Phi) is 3.37. The molecule has 0 aliphatic heterocycles. The summed E-state index contributed by atoms with van der Waals surface area (Å²) in [5.41, 5.74) is 1.11. The van der Waals surface area contributed by atoms with Gasteiger partial charge in [0, 0.05) is 18.6 Å². The van der Waals surface area contributed by atoms with Crippen molar-refractivity contribution in [2.45, 2.75) is 19.8 Å². The number of unbranched alkanes of at least 4 members (excludes halogenated alkanes) is 1. The minimum Gasteiger partial charge on any atom is -0.461 e. The summed E-state index contributed by atoms with van der Waals surface area (Å²) in [6, 6.07) is 1.70. The van der Waals surface area contributed by atoms with Crippen LogP contribution in [0.1, 0.15) is 30.3 Å². The molecule has 2 aromatic rings. The highest BCUT2D eigenvalue weighted by molar-refractivity contribution is 5.91. The molecule has 17 heavy (non-hydrogen) atoms. The van der Waals surface area contributed by atoms with E-state index < -0.39 is 0 Å². The fourth-order valence-electron chi connectivity index (χ4n) is 1.55. The van der Waals surface area contributed by atoms with Gasteiger partial charge in [-0.2, -0.15) is 5.10 Å². The number of aromatic nitrogens is 3. The van der Waals surface area contributed by atoms with E-state index in [2.05, 4.69) is 10.1 Å². The zero-order valence-corrected chi connectivity index (χ0v) is 10.0. The van der Waals surface area contributed by atoms with E-state index in [-0.39, 0.29) is 5.97 Å². The largest absolute Gasteiger partial charge is 0.461 e. The normalized spacial score (nSPS) is 10.7. The summed E-state index contributed by atoms with van der Waals surface area (Å²) in [5, 5.41) is 5.08. The van der Waals surface area contributed by atoms with E-state index in [1.165, 1.54) is 0 Å². The van der Waals surface area contributed by atoms with Crippen molar-refractivity contribution >= 4 is 16.9 Å². The second-order valence-corrected chi connectivity index (χ2v) is 3.92. The van der Waals surface area contributed by atoms with Crippen molar-refractivity contribution in [3.8, 4) is 0 Å². The maximum atomic E-state index is 11.7. The molecule has 0 aliphatic carbocycles. The SMILES string of the molecule is CCCCOC(=O)c1cc2cn(C)nc2cn1. The summed E-state index contributed by atoms with van der Waals surface area (Å²) in [6.07, 6.45) is 5.31. The summed E-state index contributed by atoms with van der Waals surface area (Å²) in [5.74, 6) is -0.371. The topological polar surface area (TPSA) is 57.0 Å². The lowest BCUT2D eigenvalue weighted by molar-refractivity contribution is 0.0493. The minimum atomic E-state index is -0.371. The molecule has 2 heterocycles. The number of carbonyl (C=O) groups is 1. The molecule has 0 N–H and O–H groups in total. The number of fused-ring (bicyclic) bond motifs is 1. The van der Waals surface area contributed by atoms with Crippen LogP contribution in [-0.2, 0) is 11.8 Å². The van der Waals surface area contributed by atoms with E-state index in [0.717, 1.165) is 23.7 Å². The van der Waals surface area contributed by atoms with Gasteiger partial charge in [0.15, 0.2) is 0 Å². The van der Waals surface area contributed by atoms with Crippen LogP contribution in [0.5, 0.6) is 0 Å². The Balaban J connectivity index is 2.15.